The first kappa shape index (κ1) is 56.4. The number of carbonyl (C=O) groups excluding carboxylic acids is 3. The van der Waals surface area contributed by atoms with E-state index < -0.39 is 5.41 Å². The van der Waals surface area contributed by atoms with Crippen LogP contribution in [-0.4, -0.2) is 69.5 Å². The van der Waals surface area contributed by atoms with E-state index in [1.165, 1.54) is 9.56 Å². The lowest BCUT2D eigenvalue weighted by Gasteiger charge is -2.30. The van der Waals surface area contributed by atoms with Gasteiger partial charge < -0.3 is 19.7 Å². The van der Waals surface area contributed by atoms with Gasteiger partial charge in [0.1, 0.15) is 11.5 Å². The molecule has 6 heterocycles. The third-order valence-corrected chi connectivity index (χ3v) is 15.1. The van der Waals surface area contributed by atoms with E-state index in [4.69, 9.17) is 49.4 Å². The highest BCUT2D eigenvalue weighted by Gasteiger charge is 2.37. The molecule has 0 radical (unpaired) electrons. The molecule has 2 aliphatic rings. The number of thiophene rings is 2. The highest BCUT2D eigenvalue weighted by molar-refractivity contribution is 7.16. The average Bonchev–Trinajstić information content (AvgIpc) is 4.19. The fourth-order valence-corrected chi connectivity index (χ4v) is 10.1. The van der Waals surface area contributed by atoms with Crippen molar-refractivity contribution in [1.82, 2.24) is 29.8 Å². The standard InChI is InChI=1S/C26H30ClN3O3S.C21H22ClN3O2S.C6H11Cl.ClH/c1-26(2,3)25(32)29-15-7-9-21(29)20-16-17(11-12-18-13-14-23(27)34-18)30(28-20)24(31)19-8-5-6-10-22(19)33-4;1-27-19-7-3-2-5-16(19)21(26)25-14(8-9-15-10-11-20(22)28-15)13-18(24-25)17-6-4-12-23-17;1-5(7)6(2,3)4;/h5-6,8,10,13-14,16,21H,7,9,11-12,15H2,1-4H3;2-3,5,7,10-11,13,17,23H,4,6,8-9,12H2,1H3;1H2,2-4H3;1H. The Morgan fingerprint density at radius 2 is 1.17 bits per heavy atom. The monoisotopic (exact) mass is 1070 g/mol. The summed E-state index contributed by atoms with van der Waals surface area (Å²) < 4.78 is 15.4. The molecule has 4 aromatic heterocycles. The summed E-state index contributed by atoms with van der Waals surface area (Å²) in [6, 6.07) is 26.4. The normalized spacial score (nSPS) is 15.6. The van der Waals surface area contributed by atoms with Gasteiger partial charge in [-0.1, -0.05) is 107 Å². The highest BCUT2D eigenvalue weighted by atomic mass is 35.5. The Morgan fingerprint density at radius 1 is 0.700 bits per heavy atom. The van der Waals surface area contributed by atoms with Gasteiger partial charge in [0.25, 0.3) is 11.8 Å². The van der Waals surface area contributed by atoms with Crippen molar-refractivity contribution in [3.8, 4) is 11.5 Å². The number of hydrogen-bond donors (Lipinski definition) is 1. The van der Waals surface area contributed by atoms with Crippen LogP contribution in [0.3, 0.4) is 0 Å². The number of aryl methyl sites for hydroxylation is 4. The van der Waals surface area contributed by atoms with Crippen LogP contribution in [0.5, 0.6) is 11.5 Å². The zero-order valence-electron chi connectivity index (χ0n) is 41.2. The van der Waals surface area contributed by atoms with E-state index in [0.29, 0.717) is 40.6 Å². The van der Waals surface area contributed by atoms with E-state index in [-0.39, 0.29) is 47.6 Å². The molecule has 17 heteroatoms. The number of halogens is 4. The van der Waals surface area contributed by atoms with E-state index >= 15 is 0 Å². The molecule has 2 aromatic carbocycles. The fraction of sp³-hybridized carbons (Fsp3) is 0.415. The van der Waals surface area contributed by atoms with Crippen molar-refractivity contribution in [2.75, 3.05) is 27.3 Å². The third-order valence-electron chi connectivity index (χ3n) is 11.9. The summed E-state index contributed by atoms with van der Waals surface area (Å²) in [5.74, 6) is 0.761. The molecule has 8 rings (SSSR count). The summed E-state index contributed by atoms with van der Waals surface area (Å²) in [5.41, 5.74) is 3.97. The Morgan fingerprint density at radius 3 is 1.59 bits per heavy atom. The number of carbonyl (C=O) groups is 3. The maximum atomic E-state index is 13.6. The average molecular weight is 1070 g/mol. The topological polar surface area (TPSA) is 121 Å². The Balaban J connectivity index is 0.000000230. The lowest BCUT2D eigenvalue weighted by Crippen LogP contribution is -2.39. The van der Waals surface area contributed by atoms with Crippen LogP contribution in [-0.2, 0) is 30.5 Å². The number of nitrogens with zero attached hydrogens (tertiary/aromatic N) is 5. The number of para-hydroxylation sites is 2. The summed E-state index contributed by atoms with van der Waals surface area (Å²) in [5, 5.41) is 13.6. The summed E-state index contributed by atoms with van der Waals surface area (Å²) in [7, 11) is 3.13. The molecule has 0 bridgehead atoms. The van der Waals surface area contributed by atoms with Crippen LogP contribution in [0.15, 0.2) is 96.5 Å². The molecule has 0 aliphatic carbocycles. The fourth-order valence-electron chi connectivity index (χ4n) is 7.95. The number of methoxy groups -OCH3 is 2. The Bertz CT molecular complexity index is 2720. The van der Waals surface area contributed by atoms with Crippen LogP contribution in [0.1, 0.15) is 133 Å². The number of rotatable bonds is 12. The molecule has 2 fully saturated rings. The molecular weight excluding hydrogens is 1010 g/mol. The minimum atomic E-state index is -0.473. The van der Waals surface area contributed by atoms with Crippen LogP contribution in [0.4, 0.5) is 0 Å². The van der Waals surface area contributed by atoms with Crippen molar-refractivity contribution in [2.45, 2.75) is 105 Å². The second kappa shape index (κ2) is 25.3. The van der Waals surface area contributed by atoms with Crippen molar-refractivity contribution in [3.63, 3.8) is 0 Å². The molecule has 0 spiro atoms. The lowest BCUT2D eigenvalue weighted by atomic mass is 9.94. The zero-order chi connectivity index (χ0) is 50.0. The number of likely N-dealkylation sites (tertiary alicyclic amines) is 1. The van der Waals surface area contributed by atoms with E-state index in [9.17, 15) is 14.4 Å². The molecule has 0 saturated carbocycles. The van der Waals surface area contributed by atoms with Crippen molar-refractivity contribution in [1.29, 1.82) is 0 Å². The number of nitrogens with one attached hydrogen (secondary N) is 1. The first-order valence-corrected chi connectivity index (χ1v) is 26.0. The number of allylic oxidation sites excluding steroid dienone is 1. The molecule has 376 valence electrons. The van der Waals surface area contributed by atoms with Crippen LogP contribution in [0.2, 0.25) is 8.67 Å². The second-order valence-corrected chi connectivity index (χ2v) is 23.1. The van der Waals surface area contributed by atoms with Gasteiger partial charge in [0.15, 0.2) is 0 Å². The number of aromatic nitrogens is 4. The molecule has 2 aliphatic heterocycles. The maximum Gasteiger partial charge on any atom is 0.282 e. The van der Waals surface area contributed by atoms with Gasteiger partial charge in [0, 0.05) is 38.1 Å². The quantitative estimate of drug-likeness (QED) is 0.129. The van der Waals surface area contributed by atoms with Gasteiger partial charge in [-0.15, -0.1) is 35.1 Å². The van der Waals surface area contributed by atoms with E-state index in [1.807, 2.05) is 101 Å². The predicted octanol–water partition coefficient (Wildman–Crippen LogP) is 13.5. The van der Waals surface area contributed by atoms with Gasteiger partial charge in [-0.2, -0.15) is 10.2 Å². The van der Waals surface area contributed by atoms with E-state index in [1.54, 1.807) is 65.8 Å². The third kappa shape index (κ3) is 14.6. The molecule has 2 saturated heterocycles. The summed E-state index contributed by atoms with van der Waals surface area (Å²) in [4.78, 5) is 44.2. The van der Waals surface area contributed by atoms with Crippen LogP contribution >= 0.6 is 69.9 Å². The minimum absolute atomic E-state index is 0. The van der Waals surface area contributed by atoms with Gasteiger partial charge in [-0.05, 0) is 124 Å². The van der Waals surface area contributed by atoms with Gasteiger partial charge in [-0.25, -0.2) is 9.36 Å². The molecule has 6 aromatic rings. The Labute approximate surface area is 441 Å². The Hall–Kier alpha value is -4.47. The number of amides is 1. The van der Waals surface area contributed by atoms with E-state index in [2.05, 4.69) is 23.1 Å². The molecular formula is C53H64Cl4N6O5S2. The largest absolute Gasteiger partial charge is 0.496 e. The van der Waals surface area contributed by atoms with Gasteiger partial charge >= 0.3 is 0 Å². The smallest absolute Gasteiger partial charge is 0.282 e. The Kier molecular flexibility index (Phi) is 20.4. The molecule has 2 atom stereocenters. The van der Waals surface area contributed by atoms with Crippen LogP contribution in [0.25, 0.3) is 0 Å². The first-order chi connectivity index (χ1) is 32.8. The molecule has 1 amide bonds. The van der Waals surface area contributed by atoms with Gasteiger partial charge in [0.2, 0.25) is 5.91 Å². The summed E-state index contributed by atoms with van der Waals surface area (Å²) in [6.07, 6.45) is 6.84. The molecule has 1 N–H and O–H groups in total. The van der Waals surface area contributed by atoms with Gasteiger partial charge in [-0.3, -0.25) is 14.4 Å². The molecule has 70 heavy (non-hydrogen) atoms. The molecule has 11 nitrogen and oxygen atoms in total. The maximum absolute atomic E-state index is 13.6. The minimum Gasteiger partial charge on any atom is -0.496 e. The number of ether oxygens (including phenoxy) is 2. The summed E-state index contributed by atoms with van der Waals surface area (Å²) >= 11 is 20.8. The highest BCUT2D eigenvalue weighted by Crippen LogP contribution is 2.36. The van der Waals surface area contributed by atoms with E-state index in [0.717, 1.165) is 87.8 Å². The van der Waals surface area contributed by atoms with Crippen molar-refractivity contribution < 1.29 is 23.9 Å². The summed E-state index contributed by atoms with van der Waals surface area (Å²) in [6.45, 7) is 17.2. The van der Waals surface area contributed by atoms with Gasteiger partial charge in [0.05, 0.1) is 57.5 Å². The van der Waals surface area contributed by atoms with Crippen LogP contribution < -0.4 is 14.8 Å². The molecule has 2 unspecified atom stereocenters. The predicted molar refractivity (Wildman–Crippen MR) is 288 cm³/mol. The zero-order valence-corrected chi connectivity index (χ0v) is 45.9. The number of hydrogen-bond acceptors (Lipinski definition) is 10. The van der Waals surface area contributed by atoms with Crippen molar-refractivity contribution in [3.05, 3.63) is 149 Å². The first-order valence-electron chi connectivity index (χ1n) is 23.2. The van der Waals surface area contributed by atoms with Crippen LogP contribution in [0, 0.1) is 10.8 Å². The SMILES string of the molecule is C=C(Cl)C(C)(C)C.COc1ccccc1C(=O)n1nc(C2CCCN2)cc1CCc1ccc(Cl)s1.COc1ccccc1C(=O)n1nc(C2CCCN2C(=O)C(C)(C)C)cc1CCc1ccc(Cl)s1.Cl. The van der Waals surface area contributed by atoms with Crippen molar-refractivity contribution in [2.24, 2.45) is 10.8 Å². The second-order valence-electron chi connectivity index (χ2n) is 19.1. The van der Waals surface area contributed by atoms with Crippen molar-refractivity contribution >= 4 is 87.6 Å². The lowest BCUT2D eigenvalue weighted by molar-refractivity contribution is -0.140. The number of benzene rings is 2.